The summed E-state index contributed by atoms with van der Waals surface area (Å²) in [6.45, 7) is 0. The van der Waals surface area contributed by atoms with Gasteiger partial charge in [-0.1, -0.05) is 36.4 Å². The zero-order valence-corrected chi connectivity index (χ0v) is 11.4. The number of para-hydroxylation sites is 2. The predicted molar refractivity (Wildman–Crippen MR) is 55.8 cm³/mol. The van der Waals surface area contributed by atoms with E-state index >= 15 is 0 Å². The first-order valence-electron chi connectivity index (χ1n) is 4.77. The van der Waals surface area contributed by atoms with Crippen LogP contribution in [0, 0.1) is 0 Å². The molecule has 0 amide bonds. The Labute approximate surface area is 102 Å². The van der Waals surface area contributed by atoms with E-state index in [1.165, 1.54) is 11.1 Å². The van der Waals surface area contributed by atoms with Crippen LogP contribution in [0.25, 0.3) is 0 Å². The molecule has 15 heavy (non-hydrogen) atoms. The molecule has 0 bridgehead atoms. The molecule has 0 atom stereocenters. The number of rotatable bonds is 0. The van der Waals surface area contributed by atoms with Crippen molar-refractivity contribution in [3.05, 3.63) is 59.7 Å². The van der Waals surface area contributed by atoms with Crippen LogP contribution in [0.4, 0.5) is 0 Å². The summed E-state index contributed by atoms with van der Waals surface area (Å²) in [5, 5.41) is 0. The van der Waals surface area contributed by atoms with Crippen LogP contribution >= 0.6 is 0 Å². The van der Waals surface area contributed by atoms with Crippen LogP contribution in [-0.2, 0) is 25.9 Å². The maximum absolute atomic E-state index is 5.78. The Hall–Kier alpha value is -1.14. The van der Waals surface area contributed by atoms with Crippen molar-refractivity contribution in [1.29, 1.82) is 0 Å². The summed E-state index contributed by atoms with van der Waals surface area (Å²) in [5.41, 5.74) is 2.54. The molecule has 0 aromatic heterocycles. The molecule has 2 aromatic carbocycles. The van der Waals surface area contributed by atoms with Crippen molar-refractivity contribution in [3.63, 3.8) is 0 Å². The summed E-state index contributed by atoms with van der Waals surface area (Å²) in [6, 6.07) is 16.4. The van der Waals surface area contributed by atoms with E-state index in [4.69, 9.17) is 4.74 Å². The topological polar surface area (TPSA) is 9.23 Å². The first-order chi connectivity index (χ1) is 6.93. The molecule has 2 aromatic rings. The number of ether oxygens (including phenoxy) is 1. The predicted octanol–water partition coefficient (Wildman–Crippen LogP) is 3.38. The molecule has 1 heterocycles. The van der Waals surface area contributed by atoms with E-state index in [1.807, 2.05) is 24.3 Å². The third-order valence-electron chi connectivity index (χ3n) is 2.55. The normalized spacial score (nSPS) is 11.7. The fourth-order valence-electron chi connectivity index (χ4n) is 1.82. The zero-order chi connectivity index (χ0) is 9.38. The maximum Gasteiger partial charge on any atom is 2.00 e. The van der Waals surface area contributed by atoms with Gasteiger partial charge in [-0.15, -0.1) is 0 Å². The quantitative estimate of drug-likeness (QED) is 0.554. The molecule has 2 heteroatoms. The van der Waals surface area contributed by atoms with Crippen molar-refractivity contribution in [2.45, 2.75) is 6.42 Å². The molecule has 0 saturated carbocycles. The van der Waals surface area contributed by atoms with Crippen LogP contribution in [0.1, 0.15) is 11.1 Å². The molecule has 0 unspecified atom stereocenters. The second-order valence-corrected chi connectivity index (χ2v) is 3.49. The molecule has 0 radical (unpaired) electrons. The third-order valence-corrected chi connectivity index (χ3v) is 2.55. The molecule has 1 aliphatic heterocycles. The standard InChI is InChI=1S/C13H10O.Zn/c1-3-7-12-10(5-1)9-11-6-2-4-8-13(11)14-12;/h1-8H,9H2;/q;+2. The molecule has 68 valence electrons. The van der Waals surface area contributed by atoms with Crippen LogP contribution in [0.5, 0.6) is 11.5 Å². The second kappa shape index (κ2) is 4.16. The van der Waals surface area contributed by atoms with Crippen LogP contribution in [0.15, 0.2) is 48.5 Å². The Balaban J connectivity index is 0.000000853. The first-order valence-corrected chi connectivity index (χ1v) is 4.77. The smallest absolute Gasteiger partial charge is 0.457 e. The van der Waals surface area contributed by atoms with Gasteiger partial charge in [-0.25, -0.2) is 0 Å². The van der Waals surface area contributed by atoms with Gasteiger partial charge in [0.2, 0.25) is 0 Å². The van der Waals surface area contributed by atoms with Crippen molar-refractivity contribution in [2.75, 3.05) is 0 Å². The Kier molecular flexibility index (Phi) is 2.88. The van der Waals surface area contributed by atoms with E-state index in [1.54, 1.807) is 0 Å². The summed E-state index contributed by atoms with van der Waals surface area (Å²) in [7, 11) is 0. The maximum atomic E-state index is 5.78. The van der Waals surface area contributed by atoms with Gasteiger partial charge in [-0.05, 0) is 23.3 Å². The van der Waals surface area contributed by atoms with E-state index in [0.717, 1.165) is 17.9 Å². The average molecular weight is 248 g/mol. The fourth-order valence-corrected chi connectivity index (χ4v) is 1.82. The van der Waals surface area contributed by atoms with Gasteiger partial charge in [0.05, 0.1) is 0 Å². The van der Waals surface area contributed by atoms with Gasteiger partial charge in [0.15, 0.2) is 0 Å². The van der Waals surface area contributed by atoms with E-state index in [-0.39, 0.29) is 19.5 Å². The number of hydrogen-bond acceptors (Lipinski definition) is 1. The summed E-state index contributed by atoms with van der Waals surface area (Å²) in [4.78, 5) is 0. The van der Waals surface area contributed by atoms with E-state index in [2.05, 4.69) is 24.3 Å². The second-order valence-electron chi connectivity index (χ2n) is 3.49. The van der Waals surface area contributed by atoms with Gasteiger partial charge in [0.1, 0.15) is 11.5 Å². The minimum Gasteiger partial charge on any atom is -0.457 e. The molecule has 0 fully saturated rings. The zero-order valence-electron chi connectivity index (χ0n) is 8.44. The molecule has 1 nitrogen and oxygen atoms in total. The SMILES string of the molecule is [Zn+2].c1ccc2c(c1)Cc1ccccc1O2. The number of benzene rings is 2. The number of fused-ring (bicyclic) bond motifs is 2. The Morgan fingerprint density at radius 1 is 0.733 bits per heavy atom. The van der Waals surface area contributed by atoms with Crippen LogP contribution in [0.2, 0.25) is 0 Å². The van der Waals surface area contributed by atoms with Gasteiger partial charge in [0, 0.05) is 6.42 Å². The number of hydrogen-bond donors (Lipinski definition) is 0. The summed E-state index contributed by atoms with van der Waals surface area (Å²) in [5.74, 6) is 1.98. The monoisotopic (exact) mass is 246 g/mol. The Morgan fingerprint density at radius 2 is 1.20 bits per heavy atom. The molecule has 0 N–H and O–H groups in total. The molecule has 0 spiro atoms. The van der Waals surface area contributed by atoms with Crippen molar-refractivity contribution in [2.24, 2.45) is 0 Å². The Morgan fingerprint density at radius 3 is 1.73 bits per heavy atom. The van der Waals surface area contributed by atoms with E-state index in [9.17, 15) is 0 Å². The molecule has 0 saturated heterocycles. The van der Waals surface area contributed by atoms with Gasteiger partial charge >= 0.3 is 19.5 Å². The van der Waals surface area contributed by atoms with Gasteiger partial charge in [-0.3, -0.25) is 0 Å². The van der Waals surface area contributed by atoms with Gasteiger partial charge in [-0.2, -0.15) is 0 Å². The fraction of sp³-hybridized carbons (Fsp3) is 0.0769. The van der Waals surface area contributed by atoms with E-state index in [0.29, 0.717) is 0 Å². The average Bonchev–Trinajstić information content (AvgIpc) is 2.26. The molecule has 1 aliphatic rings. The summed E-state index contributed by atoms with van der Waals surface area (Å²) in [6.07, 6.45) is 0.979. The van der Waals surface area contributed by atoms with Crippen LogP contribution < -0.4 is 4.74 Å². The Bertz CT molecular complexity index is 392. The van der Waals surface area contributed by atoms with E-state index < -0.39 is 0 Å². The van der Waals surface area contributed by atoms with Crippen molar-refractivity contribution < 1.29 is 24.2 Å². The first kappa shape index (κ1) is 10.4. The molecular weight excluding hydrogens is 238 g/mol. The summed E-state index contributed by atoms with van der Waals surface area (Å²) < 4.78 is 5.78. The summed E-state index contributed by atoms with van der Waals surface area (Å²) >= 11 is 0. The van der Waals surface area contributed by atoms with Gasteiger partial charge in [0.25, 0.3) is 0 Å². The third kappa shape index (κ3) is 1.82. The minimum atomic E-state index is 0. The largest absolute Gasteiger partial charge is 2.00 e. The molecule has 3 rings (SSSR count). The van der Waals surface area contributed by atoms with Crippen LogP contribution in [0.3, 0.4) is 0 Å². The molecular formula is C13H10OZn+2. The van der Waals surface area contributed by atoms with Crippen molar-refractivity contribution in [1.82, 2.24) is 0 Å². The van der Waals surface area contributed by atoms with Crippen molar-refractivity contribution in [3.8, 4) is 11.5 Å². The van der Waals surface area contributed by atoms with Crippen LogP contribution in [-0.4, -0.2) is 0 Å². The minimum absolute atomic E-state index is 0. The van der Waals surface area contributed by atoms with Gasteiger partial charge < -0.3 is 4.74 Å². The van der Waals surface area contributed by atoms with Crippen molar-refractivity contribution >= 4 is 0 Å². The molecule has 0 aliphatic carbocycles.